The summed E-state index contributed by atoms with van der Waals surface area (Å²) in [5, 5.41) is 6.64. The number of nitrogens with zero attached hydrogens (tertiary/aromatic N) is 3. The van der Waals surface area contributed by atoms with Crippen LogP contribution in [-0.4, -0.2) is 27.2 Å². The van der Waals surface area contributed by atoms with E-state index in [-0.39, 0.29) is 5.91 Å². The summed E-state index contributed by atoms with van der Waals surface area (Å²) in [5.74, 6) is 1.01. The summed E-state index contributed by atoms with van der Waals surface area (Å²) in [5.41, 5.74) is 7.01. The van der Waals surface area contributed by atoms with Gasteiger partial charge in [0.05, 0.1) is 5.69 Å². The highest BCUT2D eigenvalue weighted by Crippen LogP contribution is 2.37. The van der Waals surface area contributed by atoms with Gasteiger partial charge in [-0.15, -0.1) is 0 Å². The number of aryl methyl sites for hydroxylation is 1. The Bertz CT molecular complexity index is 626. The number of carbonyl (C=O) groups is 1. The molecular formula is C13H17N5O2. The summed E-state index contributed by atoms with van der Waals surface area (Å²) < 4.78 is 6.84. The average Bonchev–Trinajstić information content (AvgIpc) is 3.06. The van der Waals surface area contributed by atoms with Crippen LogP contribution in [-0.2, 0) is 6.42 Å². The molecule has 2 aromatic rings. The fraction of sp³-hybridized carbons (Fsp3) is 0.462. The average molecular weight is 275 g/mol. The van der Waals surface area contributed by atoms with Gasteiger partial charge in [0, 0.05) is 32.1 Å². The molecule has 2 heterocycles. The number of aromatic nitrogens is 3. The van der Waals surface area contributed by atoms with Gasteiger partial charge >= 0.3 is 0 Å². The van der Waals surface area contributed by atoms with Crippen molar-refractivity contribution in [1.29, 1.82) is 0 Å². The van der Waals surface area contributed by atoms with E-state index in [1.165, 1.54) is 0 Å². The van der Waals surface area contributed by atoms with Crippen LogP contribution in [0.3, 0.4) is 0 Å². The van der Waals surface area contributed by atoms with Crippen molar-refractivity contribution in [2.45, 2.75) is 32.2 Å². The van der Waals surface area contributed by atoms with E-state index in [0.717, 1.165) is 12.8 Å². The number of carbonyl (C=O) groups excluding carboxylic acids is 1. The van der Waals surface area contributed by atoms with Crippen molar-refractivity contribution in [1.82, 2.24) is 20.0 Å². The molecular weight excluding hydrogens is 258 g/mol. The van der Waals surface area contributed by atoms with Crippen molar-refractivity contribution >= 4 is 11.6 Å². The normalized spacial score (nSPS) is 14.4. The molecule has 1 amide bonds. The smallest absolute Gasteiger partial charge is 0.268 e. The summed E-state index contributed by atoms with van der Waals surface area (Å²) in [6, 6.07) is 2.14. The fourth-order valence-corrected chi connectivity index (χ4v) is 2.16. The maximum absolute atomic E-state index is 12.2. The zero-order valence-electron chi connectivity index (χ0n) is 11.3. The maximum Gasteiger partial charge on any atom is 0.268 e. The minimum Gasteiger partial charge on any atom is -0.397 e. The monoisotopic (exact) mass is 275 g/mol. The second kappa shape index (κ2) is 4.99. The lowest BCUT2D eigenvalue weighted by atomic mass is 10.3. The van der Waals surface area contributed by atoms with Crippen molar-refractivity contribution in [3.05, 3.63) is 29.7 Å². The lowest BCUT2D eigenvalue weighted by molar-refractivity contribution is 0.0944. The number of nitrogen functional groups attached to an aromatic ring is 1. The zero-order valence-corrected chi connectivity index (χ0v) is 11.3. The number of anilines is 1. The van der Waals surface area contributed by atoms with Crippen LogP contribution in [0, 0.1) is 6.92 Å². The van der Waals surface area contributed by atoms with Gasteiger partial charge in [-0.1, -0.05) is 5.16 Å². The molecule has 0 unspecified atom stereocenters. The predicted octanol–water partition coefficient (Wildman–Crippen LogP) is 1.07. The number of hydrogen-bond acceptors (Lipinski definition) is 5. The quantitative estimate of drug-likeness (QED) is 0.850. The van der Waals surface area contributed by atoms with Crippen molar-refractivity contribution in [2.75, 3.05) is 12.3 Å². The van der Waals surface area contributed by atoms with Crippen molar-refractivity contribution in [3.8, 4) is 0 Å². The second-order valence-corrected chi connectivity index (χ2v) is 5.03. The molecule has 0 aromatic carbocycles. The summed E-state index contributed by atoms with van der Waals surface area (Å²) in [4.78, 5) is 16.2. The second-order valence-electron chi connectivity index (χ2n) is 5.03. The van der Waals surface area contributed by atoms with Crippen molar-refractivity contribution in [3.63, 3.8) is 0 Å². The van der Waals surface area contributed by atoms with Gasteiger partial charge in [-0.3, -0.25) is 4.79 Å². The van der Waals surface area contributed by atoms with Crippen LogP contribution >= 0.6 is 0 Å². The Kier molecular flexibility index (Phi) is 3.17. The number of amides is 1. The van der Waals surface area contributed by atoms with Gasteiger partial charge in [0.1, 0.15) is 5.69 Å². The molecule has 3 N–H and O–H groups in total. The first-order valence-electron chi connectivity index (χ1n) is 6.68. The Morgan fingerprint density at radius 1 is 1.60 bits per heavy atom. The number of nitrogens with two attached hydrogens (primary N) is 1. The highest BCUT2D eigenvalue weighted by Gasteiger charge is 2.27. The molecule has 0 atom stereocenters. The summed E-state index contributed by atoms with van der Waals surface area (Å²) in [6.07, 6.45) is 4.59. The molecule has 7 heteroatoms. The Balaban J connectivity index is 1.59. The number of nitrogens with one attached hydrogen (secondary N) is 1. The van der Waals surface area contributed by atoms with Gasteiger partial charge in [-0.25, -0.2) is 0 Å². The molecule has 0 spiro atoms. The first-order chi connectivity index (χ1) is 9.63. The Labute approximate surface area is 116 Å². The molecule has 1 fully saturated rings. The van der Waals surface area contributed by atoms with Crippen molar-refractivity contribution < 1.29 is 9.32 Å². The van der Waals surface area contributed by atoms with Gasteiger partial charge in [0.25, 0.3) is 5.91 Å². The highest BCUT2D eigenvalue weighted by molar-refractivity contribution is 5.93. The minimum absolute atomic E-state index is 0.117. The molecule has 0 bridgehead atoms. The van der Waals surface area contributed by atoms with Gasteiger partial charge in [-0.2, -0.15) is 4.98 Å². The lowest BCUT2D eigenvalue weighted by Crippen LogP contribution is -2.27. The first-order valence-corrected chi connectivity index (χ1v) is 6.68. The zero-order chi connectivity index (χ0) is 14.1. The molecule has 0 aliphatic heterocycles. The van der Waals surface area contributed by atoms with Crippen LogP contribution in [0.4, 0.5) is 5.69 Å². The molecule has 1 saturated carbocycles. The van der Waals surface area contributed by atoms with Crippen LogP contribution in [0.5, 0.6) is 0 Å². The van der Waals surface area contributed by atoms with Gasteiger partial charge < -0.3 is 20.1 Å². The van der Waals surface area contributed by atoms with Crippen LogP contribution in [0.25, 0.3) is 0 Å². The van der Waals surface area contributed by atoms with Crippen LogP contribution < -0.4 is 11.1 Å². The van der Waals surface area contributed by atoms with Crippen molar-refractivity contribution in [2.24, 2.45) is 0 Å². The Hall–Kier alpha value is -2.31. The third kappa shape index (κ3) is 2.66. The molecule has 7 nitrogen and oxygen atoms in total. The molecule has 1 aliphatic carbocycles. The Morgan fingerprint density at radius 3 is 3.05 bits per heavy atom. The van der Waals surface area contributed by atoms with Crippen LogP contribution in [0.1, 0.15) is 41.1 Å². The van der Waals surface area contributed by atoms with Gasteiger partial charge in [0.15, 0.2) is 5.82 Å². The van der Waals surface area contributed by atoms with E-state index in [1.807, 2.05) is 10.8 Å². The van der Waals surface area contributed by atoms with E-state index in [9.17, 15) is 4.79 Å². The van der Waals surface area contributed by atoms with Crippen LogP contribution in [0.2, 0.25) is 0 Å². The minimum atomic E-state index is -0.117. The van der Waals surface area contributed by atoms with E-state index >= 15 is 0 Å². The molecule has 0 saturated heterocycles. The molecule has 3 rings (SSSR count). The standard InChI is InChI=1S/C13H17N5O2/c1-8-16-12(17-20-8)4-5-15-13(19)11-6-9(14)7-18(11)10-2-3-10/h6-7,10H,2-5,14H2,1H3,(H,15,19). The number of hydrogen-bond donors (Lipinski definition) is 2. The molecule has 2 aromatic heterocycles. The largest absolute Gasteiger partial charge is 0.397 e. The topological polar surface area (TPSA) is 99.0 Å². The van der Waals surface area contributed by atoms with E-state index in [2.05, 4.69) is 15.5 Å². The summed E-state index contributed by atoms with van der Waals surface area (Å²) in [7, 11) is 0. The van der Waals surface area contributed by atoms with Gasteiger partial charge in [-0.05, 0) is 18.9 Å². The predicted molar refractivity (Wildman–Crippen MR) is 72.2 cm³/mol. The fourth-order valence-electron chi connectivity index (χ4n) is 2.16. The maximum atomic E-state index is 12.2. The first kappa shape index (κ1) is 12.7. The Morgan fingerprint density at radius 2 is 2.40 bits per heavy atom. The SMILES string of the molecule is Cc1nc(CCNC(=O)c2cc(N)cn2C2CC2)no1. The molecule has 0 radical (unpaired) electrons. The summed E-state index contributed by atoms with van der Waals surface area (Å²) >= 11 is 0. The lowest BCUT2D eigenvalue weighted by Gasteiger charge is -2.07. The van der Waals surface area contributed by atoms with E-state index in [0.29, 0.717) is 42.1 Å². The van der Waals surface area contributed by atoms with E-state index < -0.39 is 0 Å². The molecule has 1 aliphatic rings. The third-order valence-corrected chi connectivity index (χ3v) is 3.25. The highest BCUT2D eigenvalue weighted by atomic mass is 16.5. The summed E-state index contributed by atoms with van der Waals surface area (Å²) in [6.45, 7) is 2.20. The number of rotatable bonds is 5. The molecule has 106 valence electrons. The van der Waals surface area contributed by atoms with Gasteiger partial charge in [0.2, 0.25) is 5.89 Å². The third-order valence-electron chi connectivity index (χ3n) is 3.25. The van der Waals surface area contributed by atoms with E-state index in [1.54, 1.807) is 13.0 Å². The molecule has 20 heavy (non-hydrogen) atoms. The van der Waals surface area contributed by atoms with Crippen LogP contribution in [0.15, 0.2) is 16.8 Å². The van der Waals surface area contributed by atoms with E-state index in [4.69, 9.17) is 10.3 Å².